The Morgan fingerprint density at radius 3 is 2.53 bits per heavy atom. The Bertz CT molecular complexity index is 501. The zero-order chi connectivity index (χ0) is 12.3. The van der Waals surface area contributed by atoms with Crippen molar-refractivity contribution in [3.05, 3.63) is 53.3 Å². The maximum Gasteiger partial charge on any atom is 0.0542 e. The number of hydrogen-bond donors (Lipinski definition) is 1. The minimum absolute atomic E-state index is 0.813. The van der Waals surface area contributed by atoms with E-state index in [0.717, 1.165) is 12.2 Å². The van der Waals surface area contributed by atoms with Gasteiger partial charge in [-0.3, -0.25) is 4.98 Å². The van der Waals surface area contributed by atoms with Gasteiger partial charge in [0, 0.05) is 18.3 Å². The number of rotatable bonds is 3. The Labute approximate surface area is 103 Å². The van der Waals surface area contributed by atoms with Crippen molar-refractivity contribution >= 4 is 0 Å². The van der Waals surface area contributed by atoms with Crippen molar-refractivity contribution in [1.82, 2.24) is 10.3 Å². The van der Waals surface area contributed by atoms with E-state index in [1.165, 1.54) is 22.3 Å². The molecule has 2 nitrogen and oxygen atoms in total. The summed E-state index contributed by atoms with van der Waals surface area (Å²) in [6.07, 6.45) is 1.95. The van der Waals surface area contributed by atoms with Gasteiger partial charge in [-0.15, -0.1) is 0 Å². The van der Waals surface area contributed by atoms with Gasteiger partial charge in [-0.2, -0.15) is 0 Å². The van der Waals surface area contributed by atoms with Crippen LogP contribution in [0.15, 0.2) is 36.5 Å². The van der Waals surface area contributed by atoms with E-state index >= 15 is 0 Å². The maximum absolute atomic E-state index is 4.45. The first-order valence-electron chi connectivity index (χ1n) is 5.88. The van der Waals surface area contributed by atoms with Crippen molar-refractivity contribution < 1.29 is 0 Å². The Hall–Kier alpha value is -1.67. The topological polar surface area (TPSA) is 24.9 Å². The van der Waals surface area contributed by atoms with Gasteiger partial charge >= 0.3 is 0 Å². The van der Waals surface area contributed by atoms with Crippen molar-refractivity contribution in [2.24, 2.45) is 0 Å². The first-order valence-corrected chi connectivity index (χ1v) is 5.88. The quantitative estimate of drug-likeness (QED) is 0.870. The van der Waals surface area contributed by atoms with E-state index in [9.17, 15) is 0 Å². The molecule has 0 aliphatic heterocycles. The molecule has 88 valence electrons. The van der Waals surface area contributed by atoms with Crippen molar-refractivity contribution in [2.45, 2.75) is 20.4 Å². The molecular weight excluding hydrogens is 208 g/mol. The minimum atomic E-state index is 0.813. The summed E-state index contributed by atoms with van der Waals surface area (Å²) in [5.41, 5.74) is 6.11. The Morgan fingerprint density at radius 2 is 1.94 bits per heavy atom. The lowest BCUT2D eigenvalue weighted by atomic mass is 10.00. The van der Waals surface area contributed by atoms with Crippen LogP contribution < -0.4 is 5.32 Å². The highest BCUT2D eigenvalue weighted by Crippen LogP contribution is 2.23. The van der Waals surface area contributed by atoms with E-state index in [1.807, 2.05) is 13.2 Å². The normalized spacial score (nSPS) is 10.5. The molecular formula is C15H18N2. The Morgan fingerprint density at radius 1 is 1.12 bits per heavy atom. The maximum atomic E-state index is 4.45. The number of pyridine rings is 1. The van der Waals surface area contributed by atoms with Crippen molar-refractivity contribution in [1.29, 1.82) is 0 Å². The molecule has 0 radical (unpaired) electrons. The van der Waals surface area contributed by atoms with Crippen LogP contribution in [-0.4, -0.2) is 12.0 Å². The molecule has 1 N–H and O–H groups in total. The number of aryl methyl sites for hydroxylation is 2. The summed E-state index contributed by atoms with van der Waals surface area (Å²) in [4.78, 5) is 4.45. The van der Waals surface area contributed by atoms with Gasteiger partial charge in [-0.05, 0) is 38.1 Å². The molecule has 17 heavy (non-hydrogen) atoms. The molecule has 0 unspecified atom stereocenters. The predicted octanol–water partition coefficient (Wildman–Crippen LogP) is 3.08. The second-order valence-electron chi connectivity index (χ2n) is 4.39. The van der Waals surface area contributed by atoms with E-state index in [4.69, 9.17) is 0 Å². The van der Waals surface area contributed by atoms with Crippen LogP contribution in [0.1, 0.15) is 16.8 Å². The molecule has 0 aliphatic rings. The lowest BCUT2D eigenvalue weighted by molar-refractivity contribution is 0.791. The van der Waals surface area contributed by atoms with Crippen molar-refractivity contribution in [2.75, 3.05) is 7.05 Å². The second-order valence-corrected chi connectivity index (χ2v) is 4.39. The number of hydrogen-bond acceptors (Lipinski definition) is 2. The zero-order valence-corrected chi connectivity index (χ0v) is 10.6. The summed E-state index contributed by atoms with van der Waals surface area (Å²) < 4.78 is 0. The fourth-order valence-corrected chi connectivity index (χ4v) is 2.01. The molecule has 0 aliphatic carbocycles. The zero-order valence-electron chi connectivity index (χ0n) is 10.6. The Kier molecular flexibility index (Phi) is 3.55. The van der Waals surface area contributed by atoms with Gasteiger partial charge in [-0.1, -0.05) is 29.8 Å². The standard InChI is InChI=1S/C15H18N2/c1-11-4-7-15(12(2)8-11)13-5-6-14(10-16-3)17-9-13/h4-9,16H,10H2,1-3H3. The molecule has 0 atom stereocenters. The molecule has 0 amide bonds. The third-order valence-corrected chi connectivity index (χ3v) is 2.88. The monoisotopic (exact) mass is 226 g/mol. The summed E-state index contributed by atoms with van der Waals surface area (Å²) in [6.45, 7) is 5.07. The van der Waals surface area contributed by atoms with Crippen LogP contribution in [0, 0.1) is 13.8 Å². The molecule has 0 fully saturated rings. The van der Waals surface area contributed by atoms with Crippen LogP contribution in [0.4, 0.5) is 0 Å². The van der Waals surface area contributed by atoms with E-state index in [-0.39, 0.29) is 0 Å². The molecule has 0 spiro atoms. The highest BCUT2D eigenvalue weighted by atomic mass is 14.8. The van der Waals surface area contributed by atoms with Crippen LogP contribution in [-0.2, 0) is 6.54 Å². The van der Waals surface area contributed by atoms with Gasteiger partial charge in [0.25, 0.3) is 0 Å². The van der Waals surface area contributed by atoms with E-state index in [0.29, 0.717) is 0 Å². The third-order valence-electron chi connectivity index (χ3n) is 2.88. The lowest BCUT2D eigenvalue weighted by Crippen LogP contribution is -2.06. The molecule has 1 aromatic carbocycles. The predicted molar refractivity (Wildman–Crippen MR) is 71.9 cm³/mol. The van der Waals surface area contributed by atoms with Gasteiger partial charge < -0.3 is 5.32 Å². The third kappa shape index (κ3) is 2.71. The van der Waals surface area contributed by atoms with Gasteiger partial charge in [0.1, 0.15) is 0 Å². The molecule has 2 heteroatoms. The van der Waals surface area contributed by atoms with E-state index < -0.39 is 0 Å². The Balaban J connectivity index is 2.33. The first kappa shape index (κ1) is 11.8. The van der Waals surface area contributed by atoms with Crippen molar-refractivity contribution in [3.8, 4) is 11.1 Å². The smallest absolute Gasteiger partial charge is 0.0542 e. The SMILES string of the molecule is CNCc1ccc(-c2ccc(C)cc2C)cn1. The molecule has 0 saturated carbocycles. The molecule has 2 rings (SSSR count). The fourth-order valence-electron chi connectivity index (χ4n) is 2.01. The molecule has 1 heterocycles. The molecule has 0 saturated heterocycles. The summed E-state index contributed by atoms with van der Waals surface area (Å²) in [6, 6.07) is 10.7. The lowest BCUT2D eigenvalue weighted by Gasteiger charge is -2.07. The largest absolute Gasteiger partial charge is 0.314 e. The summed E-state index contributed by atoms with van der Waals surface area (Å²) in [5.74, 6) is 0. The summed E-state index contributed by atoms with van der Waals surface area (Å²) >= 11 is 0. The summed E-state index contributed by atoms with van der Waals surface area (Å²) in [7, 11) is 1.93. The van der Waals surface area contributed by atoms with E-state index in [1.54, 1.807) is 0 Å². The molecule has 1 aromatic heterocycles. The van der Waals surface area contributed by atoms with E-state index in [2.05, 4.69) is 54.5 Å². The highest BCUT2D eigenvalue weighted by Gasteiger charge is 2.02. The van der Waals surface area contributed by atoms with Gasteiger partial charge in [0.15, 0.2) is 0 Å². The van der Waals surface area contributed by atoms with Crippen LogP contribution in [0.3, 0.4) is 0 Å². The number of benzene rings is 1. The van der Waals surface area contributed by atoms with Gasteiger partial charge in [0.2, 0.25) is 0 Å². The fraction of sp³-hybridized carbons (Fsp3) is 0.267. The average Bonchev–Trinajstić information content (AvgIpc) is 2.31. The number of nitrogens with zero attached hydrogens (tertiary/aromatic N) is 1. The van der Waals surface area contributed by atoms with Crippen LogP contribution in [0.25, 0.3) is 11.1 Å². The van der Waals surface area contributed by atoms with Gasteiger partial charge in [0.05, 0.1) is 5.69 Å². The van der Waals surface area contributed by atoms with Gasteiger partial charge in [-0.25, -0.2) is 0 Å². The molecule has 2 aromatic rings. The van der Waals surface area contributed by atoms with Crippen LogP contribution in [0.5, 0.6) is 0 Å². The minimum Gasteiger partial charge on any atom is -0.314 e. The first-order chi connectivity index (χ1) is 8.20. The highest BCUT2D eigenvalue weighted by molar-refractivity contribution is 5.66. The summed E-state index contributed by atoms with van der Waals surface area (Å²) in [5, 5.41) is 3.10. The van der Waals surface area contributed by atoms with Crippen LogP contribution >= 0.6 is 0 Å². The molecule has 0 bridgehead atoms. The van der Waals surface area contributed by atoms with Crippen LogP contribution in [0.2, 0.25) is 0 Å². The second kappa shape index (κ2) is 5.11. The number of nitrogens with one attached hydrogen (secondary N) is 1. The average molecular weight is 226 g/mol. The number of aromatic nitrogens is 1. The van der Waals surface area contributed by atoms with Crippen molar-refractivity contribution in [3.63, 3.8) is 0 Å².